The number of ether oxygens (including phenoxy) is 6. The van der Waals surface area contributed by atoms with Gasteiger partial charge in [-0.25, -0.2) is 38.4 Å². The maximum absolute atomic E-state index is 11.5. The molecule has 0 radical (unpaired) electrons. The van der Waals surface area contributed by atoms with Crippen molar-refractivity contribution in [3.8, 4) is 0 Å². The molecule has 276 valence electrons. The van der Waals surface area contributed by atoms with Gasteiger partial charge in [0.2, 0.25) is 0 Å². The monoisotopic (exact) mass is 710 g/mol. The van der Waals surface area contributed by atoms with E-state index in [1.165, 1.54) is 55.4 Å². The van der Waals surface area contributed by atoms with Gasteiger partial charge in [-0.3, -0.25) is 0 Å². The average molecular weight is 711 g/mol. The fourth-order valence-corrected chi connectivity index (χ4v) is 1.68. The molecule has 0 heterocycles. The Morgan fingerprint density at radius 2 is 0.480 bits per heavy atom. The van der Waals surface area contributed by atoms with E-state index < -0.39 is 47.8 Å². The highest BCUT2D eigenvalue weighted by atomic mass is 16.6. The molecule has 4 N–H and O–H groups in total. The zero-order valence-corrected chi connectivity index (χ0v) is 29.0. The van der Waals surface area contributed by atoms with E-state index in [0.717, 1.165) is 25.0 Å². The SMILES string of the molecule is C=C(C)C(=O)OC(=O)C(C)=COC=C(C)C(=O)OC(=O)C(=C)C.C=C(C)C(=O)OC(=O)C(C)=COC=C(C)C(=O)OC(=O)C(=C)C.C=O.O.O. The van der Waals surface area contributed by atoms with Crippen molar-refractivity contribution in [1.29, 1.82) is 0 Å². The lowest BCUT2D eigenvalue weighted by Gasteiger charge is -2.03. The van der Waals surface area contributed by atoms with Gasteiger partial charge in [-0.05, 0) is 55.4 Å². The fourth-order valence-electron chi connectivity index (χ4n) is 1.68. The lowest BCUT2D eigenvalue weighted by Crippen LogP contribution is -2.14. The van der Waals surface area contributed by atoms with Crippen molar-refractivity contribution in [2.75, 3.05) is 0 Å². The number of carbonyl (C=O) groups is 9. The summed E-state index contributed by atoms with van der Waals surface area (Å²) in [6, 6.07) is 0. The van der Waals surface area contributed by atoms with Gasteiger partial charge >= 0.3 is 47.8 Å². The summed E-state index contributed by atoms with van der Waals surface area (Å²) >= 11 is 0. The molecule has 0 saturated carbocycles. The van der Waals surface area contributed by atoms with Crippen LogP contribution < -0.4 is 0 Å². The molecule has 0 rings (SSSR count). The molecule has 0 saturated heterocycles. The Labute approximate surface area is 288 Å². The summed E-state index contributed by atoms with van der Waals surface area (Å²) in [4.78, 5) is 98.6. The Balaban J connectivity index is -0.000000248. The van der Waals surface area contributed by atoms with Crippen LogP contribution in [0.2, 0.25) is 0 Å². The topological polar surface area (TPSA) is 272 Å². The van der Waals surface area contributed by atoms with Crippen molar-refractivity contribution in [1.82, 2.24) is 0 Å². The zero-order valence-electron chi connectivity index (χ0n) is 29.0. The molecule has 0 aromatic heterocycles. The minimum absolute atomic E-state index is 0. The summed E-state index contributed by atoms with van der Waals surface area (Å²) in [7, 11) is 0. The zero-order chi connectivity index (χ0) is 38.3. The standard InChI is InChI=1S/2C16H18O7.CH2O.2H2O/c2*1-9(2)13(17)22-15(19)11(5)7-21-8-12(6)16(20)23-14(18)10(3)4;1-2;;/h2*7-8H,1,3H2,2,4-6H3;1H2;2*1H2. The fraction of sp³-hybridized carbons (Fsp3) is 0.242. The Kier molecular flexibility index (Phi) is 29.5. The van der Waals surface area contributed by atoms with Gasteiger partial charge in [0.25, 0.3) is 0 Å². The van der Waals surface area contributed by atoms with E-state index in [4.69, 9.17) is 14.3 Å². The third-order valence-corrected chi connectivity index (χ3v) is 4.40. The molecular formula is C33H42O17. The van der Waals surface area contributed by atoms with Crippen molar-refractivity contribution < 1.29 is 82.5 Å². The molecule has 0 fully saturated rings. The van der Waals surface area contributed by atoms with Crippen LogP contribution in [-0.4, -0.2) is 65.5 Å². The first-order valence-electron chi connectivity index (χ1n) is 13.1. The molecule has 0 unspecified atom stereocenters. The van der Waals surface area contributed by atoms with Gasteiger partial charge in [0.1, 0.15) is 31.8 Å². The van der Waals surface area contributed by atoms with Crippen LogP contribution in [0.3, 0.4) is 0 Å². The lowest BCUT2D eigenvalue weighted by molar-refractivity contribution is -0.155. The average Bonchev–Trinajstić information content (AvgIpc) is 3.01. The molecule has 0 aromatic carbocycles. The molecule has 17 nitrogen and oxygen atoms in total. The molecule has 0 atom stereocenters. The number of rotatable bonds is 12. The van der Waals surface area contributed by atoms with Gasteiger partial charge in [0.15, 0.2) is 0 Å². The predicted molar refractivity (Wildman–Crippen MR) is 175 cm³/mol. The predicted octanol–water partition coefficient (Wildman–Crippen LogP) is 2.37. The van der Waals surface area contributed by atoms with Crippen LogP contribution in [0.5, 0.6) is 0 Å². The third-order valence-electron chi connectivity index (χ3n) is 4.40. The highest BCUT2D eigenvalue weighted by molar-refractivity contribution is 6.03. The largest absolute Gasteiger partial charge is 0.472 e. The van der Waals surface area contributed by atoms with Gasteiger partial charge < -0.3 is 44.2 Å². The molecule has 0 aliphatic heterocycles. The van der Waals surface area contributed by atoms with Gasteiger partial charge in [-0.1, -0.05) is 26.3 Å². The lowest BCUT2D eigenvalue weighted by atomic mass is 10.3. The minimum Gasteiger partial charge on any atom is -0.472 e. The van der Waals surface area contributed by atoms with Gasteiger partial charge in [0, 0.05) is 22.3 Å². The molecule has 0 spiro atoms. The second-order valence-electron chi connectivity index (χ2n) is 9.30. The highest BCUT2D eigenvalue weighted by Gasteiger charge is 2.16. The van der Waals surface area contributed by atoms with Crippen molar-refractivity contribution in [3.63, 3.8) is 0 Å². The Morgan fingerprint density at radius 1 is 0.340 bits per heavy atom. The molecule has 0 aliphatic rings. The first-order chi connectivity index (χ1) is 22.1. The molecule has 0 aliphatic carbocycles. The second kappa shape index (κ2) is 27.8. The van der Waals surface area contributed by atoms with Crippen LogP contribution in [0.15, 0.2) is 95.9 Å². The smallest absolute Gasteiger partial charge is 0.344 e. The van der Waals surface area contributed by atoms with Gasteiger partial charge in [-0.2, -0.15) is 0 Å². The summed E-state index contributed by atoms with van der Waals surface area (Å²) in [5.74, 6) is -7.05. The van der Waals surface area contributed by atoms with Crippen LogP contribution >= 0.6 is 0 Å². The van der Waals surface area contributed by atoms with E-state index in [-0.39, 0.29) is 55.5 Å². The van der Waals surface area contributed by atoms with E-state index in [0.29, 0.717) is 0 Å². The molecule has 17 heteroatoms. The first kappa shape index (κ1) is 53.2. The third kappa shape index (κ3) is 23.9. The van der Waals surface area contributed by atoms with E-state index >= 15 is 0 Å². The molecule has 0 bridgehead atoms. The quantitative estimate of drug-likeness (QED) is 0.0924. The molecule has 50 heavy (non-hydrogen) atoms. The van der Waals surface area contributed by atoms with Crippen LogP contribution in [-0.2, 0) is 71.6 Å². The molecule has 0 amide bonds. The summed E-state index contributed by atoms with van der Waals surface area (Å²) in [5, 5.41) is 0. The summed E-state index contributed by atoms with van der Waals surface area (Å²) in [6.45, 7) is 26.3. The summed E-state index contributed by atoms with van der Waals surface area (Å²) < 4.78 is 27.6. The number of hydrogen-bond acceptors (Lipinski definition) is 15. The highest BCUT2D eigenvalue weighted by Crippen LogP contribution is 2.06. The Hall–Kier alpha value is -6.33. The van der Waals surface area contributed by atoms with Crippen LogP contribution in [0.4, 0.5) is 0 Å². The maximum atomic E-state index is 11.5. The van der Waals surface area contributed by atoms with Crippen molar-refractivity contribution in [2.24, 2.45) is 0 Å². The normalized spacial score (nSPS) is 10.5. The van der Waals surface area contributed by atoms with Crippen LogP contribution in [0.25, 0.3) is 0 Å². The van der Waals surface area contributed by atoms with Crippen molar-refractivity contribution >= 4 is 54.5 Å². The van der Waals surface area contributed by atoms with Crippen LogP contribution in [0, 0.1) is 0 Å². The van der Waals surface area contributed by atoms with Crippen molar-refractivity contribution in [2.45, 2.75) is 55.4 Å². The Bertz CT molecular complexity index is 1260. The maximum Gasteiger partial charge on any atom is 0.344 e. The van der Waals surface area contributed by atoms with Gasteiger partial charge in [-0.15, -0.1) is 0 Å². The first-order valence-corrected chi connectivity index (χ1v) is 13.1. The Morgan fingerprint density at radius 3 is 0.600 bits per heavy atom. The van der Waals surface area contributed by atoms with E-state index in [2.05, 4.69) is 45.3 Å². The van der Waals surface area contributed by atoms with E-state index in [1.54, 1.807) is 0 Å². The number of carbonyl (C=O) groups excluding carboxylic acids is 9. The van der Waals surface area contributed by atoms with E-state index in [9.17, 15) is 38.4 Å². The van der Waals surface area contributed by atoms with E-state index in [1.807, 2.05) is 6.79 Å². The second-order valence-corrected chi connectivity index (χ2v) is 9.30. The van der Waals surface area contributed by atoms with Gasteiger partial charge in [0.05, 0.1) is 22.3 Å². The number of hydrogen-bond donors (Lipinski definition) is 0. The summed E-state index contributed by atoms with van der Waals surface area (Å²) in [5.41, 5.74) is 0.232. The summed E-state index contributed by atoms with van der Waals surface area (Å²) in [6.07, 6.45) is 3.91. The minimum atomic E-state index is -0.913. The van der Waals surface area contributed by atoms with Crippen molar-refractivity contribution in [3.05, 3.63) is 95.9 Å². The number of esters is 8. The molecular weight excluding hydrogens is 668 g/mol. The molecule has 0 aromatic rings. The van der Waals surface area contributed by atoms with Crippen LogP contribution in [0.1, 0.15) is 55.4 Å².